The first-order valence-corrected chi connectivity index (χ1v) is 8.01. The van der Waals surface area contributed by atoms with Gasteiger partial charge in [-0.3, -0.25) is 0 Å². The first kappa shape index (κ1) is 10.3. The number of hydrogen-bond acceptors (Lipinski definition) is 0. The van der Waals surface area contributed by atoms with E-state index in [-0.39, 0.29) is 38.3 Å². The molecule has 5 heavy (non-hydrogen) atoms. The summed E-state index contributed by atoms with van der Waals surface area (Å²) in [6.45, 7) is 4.61. The summed E-state index contributed by atoms with van der Waals surface area (Å²) < 4.78 is 0. The Morgan fingerprint density at radius 3 is 1.40 bits per heavy atom. The van der Waals surface area contributed by atoms with Gasteiger partial charge in [-0.1, -0.05) is 0 Å². The molecule has 29 valence electrons. The van der Waals surface area contributed by atoms with Crippen LogP contribution in [-0.4, -0.2) is 13.3 Å². The first-order chi connectivity index (χ1) is 1.73. The minimum Gasteiger partial charge on any atom is 0 e. The van der Waals surface area contributed by atoms with Gasteiger partial charge in [0.1, 0.15) is 0 Å². The smallest absolute Gasteiger partial charge is 0 e. The maximum absolute atomic E-state index is 2.31. The molecule has 0 N–H and O–H groups in total. The van der Waals surface area contributed by atoms with Crippen molar-refractivity contribution in [3.8, 4) is 0 Å². The van der Waals surface area contributed by atoms with Crippen LogP contribution in [0.1, 0.15) is 0 Å². The monoisotopic (exact) mass is 335 g/mol. The molecule has 0 spiro atoms. The van der Waals surface area contributed by atoms with E-state index in [4.69, 9.17) is 0 Å². The van der Waals surface area contributed by atoms with Crippen molar-refractivity contribution in [2.45, 2.75) is 0 Å². The fourth-order valence-electron chi connectivity index (χ4n) is 0. The van der Waals surface area contributed by atoms with Crippen molar-refractivity contribution in [1.82, 2.24) is 0 Å². The minimum absolute atomic E-state index is 0. The van der Waals surface area contributed by atoms with E-state index in [0.717, 1.165) is 0 Å². The van der Waals surface area contributed by atoms with Crippen LogP contribution in [0, 0.1) is 0 Å². The van der Waals surface area contributed by atoms with Crippen molar-refractivity contribution >= 4 is 5.56 Å². The van der Waals surface area contributed by atoms with Gasteiger partial charge in [0, 0.05) is 32.7 Å². The largest absolute Gasteiger partial charge is 0 e. The summed E-state index contributed by atoms with van der Waals surface area (Å²) in [7, 11) is 0. The van der Waals surface area contributed by atoms with E-state index in [9.17, 15) is 0 Å². The van der Waals surface area contributed by atoms with E-state index in [2.05, 4.69) is 13.3 Å². The molecular weight excluding hydrogens is 328 g/mol. The fourth-order valence-corrected chi connectivity index (χ4v) is 0. The molecule has 0 aromatic carbocycles. The van der Waals surface area contributed by atoms with Gasteiger partial charge in [0.15, 0.2) is 0 Å². The van der Waals surface area contributed by atoms with Gasteiger partial charge < -0.3 is 0 Å². The molecule has 0 bridgehead atoms. The van der Waals surface area contributed by atoms with Crippen LogP contribution in [0.2, 0.25) is 0 Å². The van der Waals surface area contributed by atoms with Crippen LogP contribution < -0.4 is 0 Å². The number of hydrogen-bond donors (Lipinski definition) is 0. The predicted molar refractivity (Wildman–Crippen MR) is 20.2 cm³/mol. The zero-order valence-corrected chi connectivity index (χ0v) is 10.3. The molecule has 0 aliphatic carbocycles. The molecule has 0 fully saturated rings. The molecule has 0 atom stereocenters. The average Bonchev–Trinajstić information content (AvgIpc) is 0.811. The molecule has 0 aromatic heterocycles. The van der Waals surface area contributed by atoms with E-state index < -0.39 is 0 Å². The quantitative estimate of drug-likeness (QED) is 0.578. The Hall–Kier alpha value is 2.22. The molecule has 0 rings (SSSR count). The molecule has 0 amide bonds. The molecule has 0 saturated heterocycles. The second-order valence-electron chi connectivity index (χ2n) is 0.908. The Morgan fingerprint density at radius 1 is 1.40 bits per heavy atom. The van der Waals surface area contributed by atoms with E-state index in [1.807, 2.05) is 0 Å². The Balaban J connectivity index is 0. The van der Waals surface area contributed by atoms with Gasteiger partial charge in [-0.25, -0.2) is 0 Å². The van der Waals surface area contributed by atoms with Crippen molar-refractivity contribution < 1.29 is 51.5 Å². The molecule has 3 heteroatoms. The maximum Gasteiger partial charge on any atom is 0 e. The topological polar surface area (TPSA) is 0 Å². The summed E-state index contributed by atoms with van der Waals surface area (Å²) >= 11 is 1.78. The second kappa shape index (κ2) is 6.22. The normalized spacial score (nSPS) is 7.00. The molecule has 1 radical (unpaired) electrons. The van der Waals surface area contributed by atoms with E-state index in [0.29, 0.717) is 0 Å². The van der Waals surface area contributed by atoms with Crippen LogP contribution in [0.3, 0.4) is 0 Å². The van der Waals surface area contributed by atoms with Gasteiger partial charge in [0.05, 0.1) is 0 Å². The zero-order chi connectivity index (χ0) is 3.58. The van der Waals surface area contributed by atoms with Gasteiger partial charge in [-0.2, -0.15) is 0 Å². The van der Waals surface area contributed by atoms with Crippen LogP contribution in [0.5, 0.6) is 0 Å². The average molecular weight is 335 g/mol. The summed E-state index contributed by atoms with van der Waals surface area (Å²) in [5.41, 5.74) is 0.204. The maximum atomic E-state index is 2.31. The minimum atomic E-state index is 0. The van der Waals surface area contributed by atoms with Crippen molar-refractivity contribution in [3.63, 3.8) is 0 Å². The molecule has 0 unspecified atom stereocenters. The van der Waals surface area contributed by atoms with Gasteiger partial charge in [-0.15, -0.1) is 0 Å². The Bertz CT molecular complexity index is 32.6. The number of rotatable bonds is 0. The van der Waals surface area contributed by atoms with Crippen molar-refractivity contribution in [2.75, 3.05) is 13.3 Å². The molecule has 0 saturated carbocycles. The standard InChI is InChI=1S/C2H7P.W.Y/c1-3-2;;/h3H,1-2H3;;. The molecular formula is C2H7PWY. The predicted octanol–water partition coefficient (Wildman–Crippen LogP) is 0.919. The SMILES string of the molecule is C[PH](C)=[W].[Y]. The van der Waals surface area contributed by atoms with Crippen LogP contribution in [0.25, 0.3) is 0 Å². The van der Waals surface area contributed by atoms with E-state index in [1.54, 1.807) is 18.8 Å². The second-order valence-corrected chi connectivity index (χ2v) is 11.5. The summed E-state index contributed by atoms with van der Waals surface area (Å²) in [5.74, 6) is 0. The third-order valence-electron chi connectivity index (χ3n) is 0. The Labute approximate surface area is 69.5 Å². The van der Waals surface area contributed by atoms with Gasteiger partial charge >= 0.3 is 37.7 Å². The Morgan fingerprint density at radius 2 is 1.40 bits per heavy atom. The molecule has 0 aliphatic rings. The van der Waals surface area contributed by atoms with E-state index in [1.165, 1.54) is 0 Å². The third kappa shape index (κ3) is 22.5. The van der Waals surface area contributed by atoms with Gasteiger partial charge in [-0.05, 0) is 0 Å². The third-order valence-corrected chi connectivity index (χ3v) is 0. The fraction of sp³-hybridized carbons (Fsp3) is 1.00. The van der Waals surface area contributed by atoms with Gasteiger partial charge in [0.2, 0.25) is 0 Å². The van der Waals surface area contributed by atoms with Crippen LogP contribution in [0.15, 0.2) is 0 Å². The van der Waals surface area contributed by atoms with E-state index >= 15 is 0 Å². The summed E-state index contributed by atoms with van der Waals surface area (Å²) in [6.07, 6.45) is 0. The van der Waals surface area contributed by atoms with Crippen molar-refractivity contribution in [1.29, 1.82) is 0 Å². The van der Waals surface area contributed by atoms with Crippen LogP contribution in [0.4, 0.5) is 0 Å². The summed E-state index contributed by atoms with van der Waals surface area (Å²) in [6, 6.07) is 0. The molecule has 0 aliphatic heterocycles. The van der Waals surface area contributed by atoms with Crippen molar-refractivity contribution in [3.05, 3.63) is 0 Å². The van der Waals surface area contributed by atoms with Crippen LogP contribution in [-0.2, 0) is 51.5 Å². The van der Waals surface area contributed by atoms with Gasteiger partial charge in [0.25, 0.3) is 0 Å². The Kier molecular flexibility index (Phi) is 12.8. The molecule has 0 nitrogen and oxygen atoms in total. The summed E-state index contributed by atoms with van der Waals surface area (Å²) in [4.78, 5) is 0. The first-order valence-electron chi connectivity index (χ1n) is 1.20. The molecule has 0 aromatic rings. The van der Waals surface area contributed by atoms with Crippen molar-refractivity contribution in [2.24, 2.45) is 0 Å². The molecule has 0 heterocycles. The summed E-state index contributed by atoms with van der Waals surface area (Å²) in [5, 5.41) is 0. The zero-order valence-electron chi connectivity index (χ0n) is 3.49. The van der Waals surface area contributed by atoms with Crippen LogP contribution >= 0.6 is 5.56 Å².